The summed E-state index contributed by atoms with van der Waals surface area (Å²) in [5.41, 5.74) is 0.744. The van der Waals surface area contributed by atoms with E-state index in [2.05, 4.69) is 5.32 Å². The van der Waals surface area contributed by atoms with E-state index in [0.29, 0.717) is 16.6 Å². The fourth-order valence-corrected chi connectivity index (χ4v) is 2.76. The molecule has 1 aliphatic heterocycles. The Morgan fingerprint density at radius 1 is 1.44 bits per heavy atom. The molecule has 1 amide bonds. The predicted octanol–water partition coefficient (Wildman–Crippen LogP) is 3.10. The molecule has 1 unspecified atom stereocenters. The number of likely N-dealkylation sites (N-methyl/N-ethyl adjacent to an activating group) is 1. The van der Waals surface area contributed by atoms with Gasteiger partial charge in [0.05, 0.1) is 16.8 Å². The van der Waals surface area contributed by atoms with Gasteiger partial charge < -0.3 is 10.2 Å². The summed E-state index contributed by atoms with van der Waals surface area (Å²) in [6.45, 7) is 3.50. The van der Waals surface area contributed by atoms with E-state index in [0.717, 1.165) is 25.1 Å². The van der Waals surface area contributed by atoms with Crippen LogP contribution in [0.3, 0.4) is 0 Å². The normalized spacial score (nSPS) is 20.3. The lowest BCUT2D eigenvalue weighted by molar-refractivity contribution is -0.121. The number of carbonyl (C=O) groups excluding carboxylic acids is 1. The van der Waals surface area contributed by atoms with Gasteiger partial charge in [-0.25, -0.2) is 0 Å². The summed E-state index contributed by atoms with van der Waals surface area (Å²) in [6, 6.07) is 5.13. The predicted molar refractivity (Wildman–Crippen MR) is 75.5 cm³/mol. The van der Waals surface area contributed by atoms with Crippen molar-refractivity contribution in [3.05, 3.63) is 28.2 Å². The summed E-state index contributed by atoms with van der Waals surface area (Å²) in [6.07, 6.45) is 1.86. The second-order valence-electron chi connectivity index (χ2n) is 4.34. The number of piperidine rings is 1. The largest absolute Gasteiger partial charge is 0.310 e. The second-order valence-corrected chi connectivity index (χ2v) is 5.18. The van der Waals surface area contributed by atoms with Crippen molar-refractivity contribution in [2.75, 3.05) is 18.0 Å². The highest BCUT2D eigenvalue weighted by atomic mass is 35.5. The van der Waals surface area contributed by atoms with Gasteiger partial charge in [-0.3, -0.25) is 4.79 Å². The summed E-state index contributed by atoms with van der Waals surface area (Å²) < 4.78 is 0. The van der Waals surface area contributed by atoms with Crippen LogP contribution in [0.5, 0.6) is 0 Å². The zero-order chi connectivity index (χ0) is 13.1. The van der Waals surface area contributed by atoms with E-state index < -0.39 is 0 Å². The molecule has 1 N–H and O–H groups in total. The summed E-state index contributed by atoms with van der Waals surface area (Å²) in [5.74, 6) is 0.0901. The molecule has 1 fully saturated rings. The molecular weight excluding hydrogens is 271 g/mol. The maximum atomic E-state index is 12.3. The number of nitrogens with zero attached hydrogens (tertiary/aromatic N) is 1. The molecule has 0 saturated carbocycles. The van der Waals surface area contributed by atoms with Crippen molar-refractivity contribution in [1.29, 1.82) is 0 Å². The van der Waals surface area contributed by atoms with E-state index in [4.69, 9.17) is 23.2 Å². The Labute approximate surface area is 117 Å². The van der Waals surface area contributed by atoms with E-state index in [-0.39, 0.29) is 11.9 Å². The Kier molecular flexibility index (Phi) is 4.49. The molecule has 2 rings (SSSR count). The minimum atomic E-state index is -0.101. The van der Waals surface area contributed by atoms with Gasteiger partial charge in [-0.1, -0.05) is 30.1 Å². The number of carbonyl (C=O) groups is 1. The molecule has 98 valence electrons. The second kappa shape index (κ2) is 5.91. The molecule has 0 spiro atoms. The topological polar surface area (TPSA) is 32.3 Å². The molecule has 1 aromatic carbocycles. The van der Waals surface area contributed by atoms with E-state index in [9.17, 15) is 4.79 Å². The molecule has 1 saturated heterocycles. The molecule has 1 atom stereocenters. The first kappa shape index (κ1) is 13.7. The Balaban J connectivity index is 2.24. The fraction of sp³-hybridized carbons (Fsp3) is 0.462. The van der Waals surface area contributed by atoms with Crippen molar-refractivity contribution in [1.82, 2.24) is 5.32 Å². The highest BCUT2D eigenvalue weighted by Gasteiger charge is 2.29. The summed E-state index contributed by atoms with van der Waals surface area (Å²) in [4.78, 5) is 14.1. The summed E-state index contributed by atoms with van der Waals surface area (Å²) >= 11 is 12.0. The van der Waals surface area contributed by atoms with Crippen LogP contribution >= 0.6 is 23.2 Å². The Morgan fingerprint density at radius 2 is 2.22 bits per heavy atom. The maximum Gasteiger partial charge on any atom is 0.244 e. The standard InChI is InChI=1S/C13H16Cl2N2O/c1-2-16-11-4-3-7-17(13(11)18)12-6-5-9(14)8-10(12)15/h5-6,8,11,16H,2-4,7H2,1H3. The molecule has 18 heavy (non-hydrogen) atoms. The average molecular weight is 287 g/mol. The van der Waals surface area contributed by atoms with Gasteiger partial charge in [0.25, 0.3) is 0 Å². The van der Waals surface area contributed by atoms with Crippen LogP contribution in [0.2, 0.25) is 10.0 Å². The quantitative estimate of drug-likeness (QED) is 0.926. The van der Waals surface area contributed by atoms with Crippen LogP contribution in [0.25, 0.3) is 0 Å². The molecule has 0 bridgehead atoms. The lowest BCUT2D eigenvalue weighted by Crippen LogP contribution is -2.50. The van der Waals surface area contributed by atoms with Crippen molar-refractivity contribution in [2.45, 2.75) is 25.8 Å². The summed E-state index contributed by atoms with van der Waals surface area (Å²) in [5, 5.41) is 4.31. The highest BCUT2D eigenvalue weighted by molar-refractivity contribution is 6.36. The molecule has 5 heteroatoms. The van der Waals surface area contributed by atoms with Gasteiger partial charge in [-0.2, -0.15) is 0 Å². The molecule has 1 aliphatic rings. The maximum absolute atomic E-state index is 12.3. The average Bonchev–Trinajstić information content (AvgIpc) is 2.33. The molecule has 0 aromatic heterocycles. The molecule has 1 heterocycles. The first-order chi connectivity index (χ1) is 8.63. The number of anilines is 1. The Bertz CT molecular complexity index is 449. The lowest BCUT2D eigenvalue weighted by atomic mass is 10.0. The van der Waals surface area contributed by atoms with Crippen LogP contribution in [0, 0.1) is 0 Å². The SMILES string of the molecule is CCNC1CCCN(c2ccc(Cl)cc2Cl)C1=O. The van der Waals surface area contributed by atoms with Gasteiger partial charge in [0.1, 0.15) is 0 Å². The zero-order valence-electron chi connectivity index (χ0n) is 10.2. The third-order valence-electron chi connectivity index (χ3n) is 3.09. The highest BCUT2D eigenvalue weighted by Crippen LogP contribution is 2.31. The van der Waals surface area contributed by atoms with E-state index in [1.807, 2.05) is 6.92 Å². The molecular formula is C13H16Cl2N2O. The van der Waals surface area contributed by atoms with Crippen molar-refractivity contribution < 1.29 is 4.79 Å². The third-order valence-corrected chi connectivity index (χ3v) is 3.63. The van der Waals surface area contributed by atoms with Gasteiger partial charge in [-0.05, 0) is 37.6 Å². The zero-order valence-corrected chi connectivity index (χ0v) is 11.8. The number of benzene rings is 1. The minimum absolute atomic E-state index is 0.0901. The van der Waals surface area contributed by atoms with Gasteiger partial charge in [0, 0.05) is 11.6 Å². The van der Waals surface area contributed by atoms with Gasteiger partial charge in [-0.15, -0.1) is 0 Å². The number of nitrogens with one attached hydrogen (secondary N) is 1. The number of amides is 1. The van der Waals surface area contributed by atoms with Crippen LogP contribution in [0.4, 0.5) is 5.69 Å². The number of hydrogen-bond acceptors (Lipinski definition) is 2. The van der Waals surface area contributed by atoms with Crippen molar-refractivity contribution >= 4 is 34.8 Å². The van der Waals surface area contributed by atoms with Gasteiger partial charge >= 0.3 is 0 Å². The fourth-order valence-electron chi connectivity index (χ4n) is 2.25. The number of rotatable bonds is 3. The molecule has 0 radical (unpaired) electrons. The summed E-state index contributed by atoms with van der Waals surface area (Å²) in [7, 11) is 0. The monoisotopic (exact) mass is 286 g/mol. The van der Waals surface area contributed by atoms with Crippen LogP contribution in [0.1, 0.15) is 19.8 Å². The van der Waals surface area contributed by atoms with Gasteiger partial charge in [0.2, 0.25) is 5.91 Å². The van der Waals surface area contributed by atoms with Gasteiger partial charge in [0.15, 0.2) is 0 Å². The van der Waals surface area contributed by atoms with E-state index in [1.165, 1.54) is 0 Å². The Morgan fingerprint density at radius 3 is 2.89 bits per heavy atom. The van der Waals surface area contributed by atoms with Crippen LogP contribution in [-0.2, 0) is 4.79 Å². The first-order valence-electron chi connectivity index (χ1n) is 6.13. The van der Waals surface area contributed by atoms with Crippen LogP contribution in [0.15, 0.2) is 18.2 Å². The van der Waals surface area contributed by atoms with Crippen LogP contribution in [-0.4, -0.2) is 25.0 Å². The number of halogens is 2. The molecule has 3 nitrogen and oxygen atoms in total. The van der Waals surface area contributed by atoms with Crippen molar-refractivity contribution in [3.8, 4) is 0 Å². The molecule has 1 aromatic rings. The molecule has 0 aliphatic carbocycles. The van der Waals surface area contributed by atoms with E-state index >= 15 is 0 Å². The lowest BCUT2D eigenvalue weighted by Gasteiger charge is -2.33. The minimum Gasteiger partial charge on any atom is -0.310 e. The Hall–Kier alpha value is -0.770. The first-order valence-corrected chi connectivity index (χ1v) is 6.89. The smallest absolute Gasteiger partial charge is 0.244 e. The van der Waals surface area contributed by atoms with E-state index in [1.54, 1.807) is 23.1 Å². The third kappa shape index (κ3) is 2.79. The van der Waals surface area contributed by atoms with Crippen molar-refractivity contribution in [2.24, 2.45) is 0 Å². The number of hydrogen-bond donors (Lipinski definition) is 1. The van der Waals surface area contributed by atoms with Crippen LogP contribution < -0.4 is 10.2 Å². The van der Waals surface area contributed by atoms with Crippen molar-refractivity contribution in [3.63, 3.8) is 0 Å².